The van der Waals surface area contributed by atoms with Gasteiger partial charge in [-0.2, -0.15) is 18.3 Å². The molecule has 0 aromatic carbocycles. The number of esters is 1. The first kappa shape index (κ1) is 15.4. The highest BCUT2D eigenvalue weighted by Crippen LogP contribution is 2.34. The SMILES string of the molecule is C=C(C)c1cc(C(F)(F)F)n2nc(C(=O)OC)c(Cl)c2c1. The Morgan fingerprint density at radius 3 is 2.52 bits per heavy atom. The highest BCUT2D eigenvalue weighted by Gasteiger charge is 2.36. The molecule has 0 amide bonds. The zero-order valence-electron chi connectivity index (χ0n) is 11.1. The average Bonchev–Trinajstić information content (AvgIpc) is 2.73. The Balaban J connectivity index is 2.88. The van der Waals surface area contributed by atoms with Crippen LogP contribution >= 0.6 is 11.6 Å². The molecule has 0 atom stereocenters. The predicted octanol–water partition coefficient (Wildman–Crippen LogP) is 3.83. The summed E-state index contributed by atoms with van der Waals surface area (Å²) in [5.41, 5.74) is -0.767. The lowest BCUT2D eigenvalue weighted by Crippen LogP contribution is -2.13. The number of allylic oxidation sites excluding steroid dienone is 1. The van der Waals surface area contributed by atoms with E-state index < -0.39 is 17.8 Å². The zero-order valence-corrected chi connectivity index (χ0v) is 11.8. The van der Waals surface area contributed by atoms with Crippen LogP contribution < -0.4 is 0 Å². The van der Waals surface area contributed by atoms with Gasteiger partial charge >= 0.3 is 12.1 Å². The number of ether oxygens (including phenoxy) is 1. The largest absolute Gasteiger partial charge is 0.464 e. The fraction of sp³-hybridized carbons (Fsp3) is 0.231. The second-order valence-corrected chi connectivity index (χ2v) is 4.74. The van der Waals surface area contributed by atoms with Crippen molar-refractivity contribution in [1.29, 1.82) is 0 Å². The van der Waals surface area contributed by atoms with Crippen molar-refractivity contribution in [1.82, 2.24) is 9.61 Å². The van der Waals surface area contributed by atoms with Crippen LogP contribution in [-0.4, -0.2) is 22.7 Å². The first-order valence-electron chi connectivity index (χ1n) is 5.70. The van der Waals surface area contributed by atoms with Crippen LogP contribution in [0.15, 0.2) is 18.7 Å². The minimum atomic E-state index is -4.66. The fourth-order valence-corrected chi connectivity index (χ4v) is 2.04. The number of rotatable bonds is 2. The van der Waals surface area contributed by atoms with E-state index in [1.54, 1.807) is 6.92 Å². The van der Waals surface area contributed by atoms with Crippen LogP contribution in [0.1, 0.15) is 28.7 Å². The van der Waals surface area contributed by atoms with Gasteiger partial charge in [0.1, 0.15) is 10.7 Å². The predicted molar refractivity (Wildman–Crippen MR) is 71.3 cm³/mol. The summed E-state index contributed by atoms with van der Waals surface area (Å²) < 4.78 is 44.4. The number of carbonyl (C=O) groups excluding carboxylic acids is 1. The minimum absolute atomic E-state index is 0.0371. The molecule has 0 N–H and O–H groups in total. The van der Waals surface area contributed by atoms with Crippen molar-refractivity contribution in [2.24, 2.45) is 0 Å². The Kier molecular flexibility index (Phi) is 3.71. The number of aromatic nitrogens is 2. The number of pyridine rings is 1. The summed E-state index contributed by atoms with van der Waals surface area (Å²) in [4.78, 5) is 11.5. The maximum absolute atomic E-state index is 13.1. The van der Waals surface area contributed by atoms with E-state index >= 15 is 0 Å². The maximum Gasteiger partial charge on any atom is 0.433 e. The van der Waals surface area contributed by atoms with Gasteiger partial charge in [-0.25, -0.2) is 9.31 Å². The summed E-state index contributed by atoms with van der Waals surface area (Å²) in [7, 11) is 1.09. The van der Waals surface area contributed by atoms with Gasteiger partial charge in [0.25, 0.3) is 0 Å². The van der Waals surface area contributed by atoms with Crippen molar-refractivity contribution in [3.05, 3.63) is 40.7 Å². The number of hydrogen-bond donors (Lipinski definition) is 0. The molecule has 0 bridgehead atoms. The van der Waals surface area contributed by atoms with Crippen molar-refractivity contribution in [3.8, 4) is 0 Å². The van der Waals surface area contributed by atoms with Crippen molar-refractivity contribution in [3.63, 3.8) is 0 Å². The quantitative estimate of drug-likeness (QED) is 0.790. The van der Waals surface area contributed by atoms with Crippen LogP contribution in [0.2, 0.25) is 5.02 Å². The zero-order chi connectivity index (χ0) is 15.9. The molecule has 0 unspecified atom stereocenters. The van der Waals surface area contributed by atoms with Gasteiger partial charge in [-0.15, -0.1) is 0 Å². The Bertz CT molecular complexity index is 750. The van der Waals surface area contributed by atoms with E-state index in [2.05, 4.69) is 16.4 Å². The number of carbonyl (C=O) groups is 1. The topological polar surface area (TPSA) is 43.6 Å². The highest BCUT2D eigenvalue weighted by atomic mass is 35.5. The number of halogens is 4. The van der Waals surface area contributed by atoms with Crippen LogP contribution in [0.5, 0.6) is 0 Å². The van der Waals surface area contributed by atoms with Gasteiger partial charge in [-0.1, -0.05) is 23.8 Å². The summed E-state index contributed by atoms with van der Waals surface area (Å²) >= 11 is 5.95. The second-order valence-electron chi connectivity index (χ2n) is 4.36. The molecule has 8 heteroatoms. The molecule has 2 aromatic rings. The first-order valence-corrected chi connectivity index (χ1v) is 6.08. The molecule has 2 aromatic heterocycles. The molecule has 0 aliphatic heterocycles. The second kappa shape index (κ2) is 5.07. The summed E-state index contributed by atoms with van der Waals surface area (Å²) in [6.45, 7) is 5.18. The summed E-state index contributed by atoms with van der Waals surface area (Å²) in [6.07, 6.45) is -4.66. The van der Waals surface area contributed by atoms with E-state index in [0.717, 1.165) is 13.2 Å². The third kappa shape index (κ3) is 2.61. The van der Waals surface area contributed by atoms with Gasteiger partial charge in [0.2, 0.25) is 0 Å². The molecule has 2 heterocycles. The van der Waals surface area contributed by atoms with E-state index in [9.17, 15) is 18.0 Å². The third-order valence-electron chi connectivity index (χ3n) is 2.84. The molecule has 0 spiro atoms. The number of methoxy groups -OCH3 is 1. The third-order valence-corrected chi connectivity index (χ3v) is 3.21. The van der Waals surface area contributed by atoms with Crippen LogP contribution in [0.3, 0.4) is 0 Å². The molecule has 0 aliphatic rings. The first-order chi connectivity index (χ1) is 9.66. The number of hydrogen-bond acceptors (Lipinski definition) is 3. The van der Waals surface area contributed by atoms with Gasteiger partial charge < -0.3 is 4.74 Å². The molecule has 0 radical (unpaired) electrons. The molecular weight excluding hydrogens is 309 g/mol. The molecule has 21 heavy (non-hydrogen) atoms. The lowest BCUT2D eigenvalue weighted by molar-refractivity contribution is -0.142. The van der Waals surface area contributed by atoms with Crippen molar-refractivity contribution in [2.75, 3.05) is 7.11 Å². The van der Waals surface area contributed by atoms with E-state index in [4.69, 9.17) is 11.6 Å². The fourth-order valence-electron chi connectivity index (χ4n) is 1.79. The minimum Gasteiger partial charge on any atom is -0.464 e. The number of nitrogens with zero attached hydrogens (tertiary/aromatic N) is 2. The highest BCUT2D eigenvalue weighted by molar-refractivity contribution is 6.36. The molecule has 0 saturated carbocycles. The Morgan fingerprint density at radius 1 is 1.43 bits per heavy atom. The van der Waals surface area contributed by atoms with E-state index in [1.807, 2.05) is 0 Å². The average molecular weight is 319 g/mol. The van der Waals surface area contributed by atoms with Crippen LogP contribution in [-0.2, 0) is 10.9 Å². The van der Waals surface area contributed by atoms with E-state index in [0.29, 0.717) is 10.1 Å². The molecule has 4 nitrogen and oxygen atoms in total. The molecular formula is C13H10ClF3N2O2. The van der Waals surface area contributed by atoms with Crippen LogP contribution in [0, 0.1) is 0 Å². The van der Waals surface area contributed by atoms with Gasteiger partial charge in [0.15, 0.2) is 5.69 Å². The smallest absolute Gasteiger partial charge is 0.433 e. The summed E-state index contributed by atoms with van der Waals surface area (Å²) in [5, 5.41) is 3.41. The lowest BCUT2D eigenvalue weighted by Gasteiger charge is -2.11. The molecule has 0 aliphatic carbocycles. The van der Waals surface area contributed by atoms with Crippen molar-refractivity contribution in [2.45, 2.75) is 13.1 Å². The standard InChI is InChI=1S/C13H10ClF3N2O2/c1-6(2)7-4-8-10(14)11(12(20)21-3)18-19(8)9(5-7)13(15,16)17/h4-5H,1H2,2-3H3. The van der Waals surface area contributed by atoms with Gasteiger partial charge in [-0.05, 0) is 24.6 Å². The monoisotopic (exact) mass is 318 g/mol. The van der Waals surface area contributed by atoms with Crippen molar-refractivity contribution < 1.29 is 22.7 Å². The van der Waals surface area contributed by atoms with Gasteiger partial charge in [-0.3, -0.25) is 0 Å². The number of alkyl halides is 3. The Hall–Kier alpha value is -2.02. The van der Waals surface area contributed by atoms with Crippen LogP contribution in [0.4, 0.5) is 13.2 Å². The van der Waals surface area contributed by atoms with E-state index in [-0.39, 0.29) is 21.8 Å². The molecule has 0 saturated heterocycles. The summed E-state index contributed by atoms with van der Waals surface area (Å²) in [6, 6.07) is 2.29. The van der Waals surface area contributed by atoms with E-state index in [1.165, 1.54) is 6.07 Å². The maximum atomic E-state index is 13.1. The number of fused-ring (bicyclic) bond motifs is 1. The molecule has 0 fully saturated rings. The Morgan fingerprint density at radius 2 is 2.05 bits per heavy atom. The van der Waals surface area contributed by atoms with Crippen LogP contribution in [0.25, 0.3) is 11.1 Å². The normalized spacial score (nSPS) is 11.7. The van der Waals surface area contributed by atoms with Gasteiger partial charge in [0.05, 0.1) is 12.6 Å². The molecule has 2 rings (SSSR count). The lowest BCUT2D eigenvalue weighted by atomic mass is 10.1. The molecule has 112 valence electrons. The van der Waals surface area contributed by atoms with Crippen molar-refractivity contribution >= 4 is 28.7 Å². The Labute approximate surface area is 122 Å². The summed E-state index contributed by atoms with van der Waals surface area (Å²) in [5.74, 6) is -0.909. The van der Waals surface area contributed by atoms with Gasteiger partial charge in [0, 0.05) is 0 Å².